The van der Waals surface area contributed by atoms with Crippen LogP contribution in [0.3, 0.4) is 0 Å². The molecular formula is C9H18BrNO2S. The van der Waals surface area contributed by atoms with Crippen LogP contribution in [0.4, 0.5) is 0 Å². The minimum absolute atomic E-state index is 0.00305. The van der Waals surface area contributed by atoms with Crippen molar-refractivity contribution in [2.75, 3.05) is 4.66 Å². The maximum absolute atomic E-state index is 11.3. The Hall–Kier alpha value is 0.390. The van der Waals surface area contributed by atoms with Crippen LogP contribution in [0.15, 0.2) is 0 Å². The van der Waals surface area contributed by atoms with E-state index in [9.17, 15) is 8.42 Å². The predicted molar refractivity (Wildman–Crippen MR) is 61.9 cm³/mol. The first-order chi connectivity index (χ1) is 6.35. The number of hydrogen-bond donors (Lipinski definition) is 1. The lowest BCUT2D eigenvalue weighted by Gasteiger charge is -2.35. The van der Waals surface area contributed by atoms with E-state index in [4.69, 9.17) is 0 Å². The van der Waals surface area contributed by atoms with Crippen LogP contribution in [0, 0.1) is 5.41 Å². The van der Waals surface area contributed by atoms with Crippen molar-refractivity contribution in [3.8, 4) is 0 Å². The van der Waals surface area contributed by atoms with E-state index < -0.39 is 10.0 Å². The number of alkyl halides is 1. The predicted octanol–water partition coefficient (Wildman–Crippen LogP) is 2.23. The van der Waals surface area contributed by atoms with Crippen LogP contribution in [-0.4, -0.2) is 19.1 Å². The zero-order chi connectivity index (χ0) is 10.8. The first-order valence-electron chi connectivity index (χ1n) is 4.91. The van der Waals surface area contributed by atoms with Crippen LogP contribution in [-0.2, 0) is 10.0 Å². The van der Waals surface area contributed by atoms with Crippen LogP contribution in [0.1, 0.15) is 39.5 Å². The molecule has 0 aromatic heterocycles. The Bertz CT molecular complexity index is 287. The van der Waals surface area contributed by atoms with Gasteiger partial charge in [0, 0.05) is 6.04 Å². The average Bonchev–Trinajstić information content (AvgIpc) is 2.01. The lowest BCUT2D eigenvalue weighted by Crippen LogP contribution is -2.40. The molecule has 3 nitrogen and oxygen atoms in total. The third-order valence-corrected chi connectivity index (χ3v) is 5.48. The van der Waals surface area contributed by atoms with Gasteiger partial charge in [0.05, 0.1) is 0 Å². The second-order valence-corrected chi connectivity index (χ2v) is 7.86. The first kappa shape index (κ1) is 12.5. The number of nitrogens with one attached hydrogen (secondary N) is 1. The van der Waals surface area contributed by atoms with Crippen molar-refractivity contribution >= 4 is 26.0 Å². The van der Waals surface area contributed by atoms with Gasteiger partial charge in [0.25, 0.3) is 0 Å². The van der Waals surface area contributed by atoms with Gasteiger partial charge >= 0.3 is 0 Å². The van der Waals surface area contributed by atoms with Crippen molar-refractivity contribution in [1.29, 1.82) is 0 Å². The molecule has 1 atom stereocenters. The standard InChI is InChI=1S/C9H18BrNO2S/c1-9(2)5-3-4-8(6-9)11-14(12,13)7-10/h8,11H,3-7H2,1-2H3. The number of halogens is 1. The fourth-order valence-electron chi connectivity index (χ4n) is 2.08. The van der Waals surface area contributed by atoms with Gasteiger partial charge in [0.15, 0.2) is 0 Å². The topological polar surface area (TPSA) is 46.2 Å². The minimum Gasteiger partial charge on any atom is -0.212 e. The molecule has 1 unspecified atom stereocenters. The van der Waals surface area contributed by atoms with Crippen LogP contribution in [0.2, 0.25) is 0 Å². The molecule has 0 bridgehead atoms. The van der Waals surface area contributed by atoms with Crippen molar-refractivity contribution in [3.05, 3.63) is 0 Å². The Morgan fingerprint density at radius 1 is 1.50 bits per heavy atom. The van der Waals surface area contributed by atoms with Gasteiger partial charge in [-0.3, -0.25) is 0 Å². The number of sulfonamides is 1. The van der Waals surface area contributed by atoms with Crippen LogP contribution in [0.5, 0.6) is 0 Å². The third-order valence-electron chi connectivity index (χ3n) is 2.69. The smallest absolute Gasteiger partial charge is 0.212 e. The highest BCUT2D eigenvalue weighted by molar-refractivity contribution is 9.10. The first-order valence-corrected chi connectivity index (χ1v) is 7.68. The Morgan fingerprint density at radius 2 is 2.14 bits per heavy atom. The molecule has 1 aliphatic rings. The molecule has 1 aliphatic carbocycles. The van der Waals surface area contributed by atoms with Gasteiger partial charge in [-0.2, -0.15) is 0 Å². The largest absolute Gasteiger partial charge is 0.221 e. The Kier molecular flexibility index (Phi) is 4.00. The minimum atomic E-state index is -3.10. The van der Waals surface area contributed by atoms with Gasteiger partial charge in [0.1, 0.15) is 4.66 Å². The van der Waals surface area contributed by atoms with Crippen molar-refractivity contribution in [1.82, 2.24) is 4.72 Å². The van der Waals surface area contributed by atoms with Gasteiger partial charge in [-0.1, -0.05) is 36.2 Å². The molecule has 1 fully saturated rings. The summed E-state index contributed by atoms with van der Waals surface area (Å²) >= 11 is 2.98. The molecule has 1 rings (SSSR count). The van der Waals surface area contributed by atoms with E-state index in [1.165, 1.54) is 6.42 Å². The van der Waals surface area contributed by atoms with Gasteiger partial charge < -0.3 is 0 Å². The summed E-state index contributed by atoms with van der Waals surface area (Å²) in [5.41, 5.74) is 0.276. The van der Waals surface area contributed by atoms with E-state index in [0.717, 1.165) is 19.3 Å². The third kappa shape index (κ3) is 3.87. The average molecular weight is 284 g/mol. The maximum atomic E-state index is 11.3. The van der Waals surface area contributed by atoms with Crippen LogP contribution in [0.25, 0.3) is 0 Å². The fraction of sp³-hybridized carbons (Fsp3) is 1.00. The molecule has 0 aromatic carbocycles. The van der Waals surface area contributed by atoms with Gasteiger partial charge in [-0.25, -0.2) is 13.1 Å². The monoisotopic (exact) mass is 283 g/mol. The highest BCUT2D eigenvalue weighted by Crippen LogP contribution is 2.35. The number of hydrogen-bond acceptors (Lipinski definition) is 2. The fourth-order valence-corrected chi connectivity index (χ4v) is 3.25. The maximum Gasteiger partial charge on any atom is 0.221 e. The summed E-state index contributed by atoms with van der Waals surface area (Å²) in [6, 6.07) is 0.126. The second kappa shape index (κ2) is 4.49. The Balaban J connectivity index is 2.54. The molecule has 5 heteroatoms. The molecule has 0 spiro atoms. The van der Waals surface area contributed by atoms with E-state index in [-0.39, 0.29) is 16.1 Å². The lowest BCUT2D eigenvalue weighted by molar-refractivity contribution is 0.212. The summed E-state index contributed by atoms with van der Waals surface area (Å²) < 4.78 is 25.4. The number of rotatable bonds is 3. The molecule has 0 amide bonds. The zero-order valence-electron chi connectivity index (χ0n) is 8.72. The highest BCUT2D eigenvalue weighted by Gasteiger charge is 2.29. The SMILES string of the molecule is CC1(C)CCCC(NS(=O)(=O)CBr)C1. The molecule has 1 saturated carbocycles. The summed E-state index contributed by atoms with van der Waals surface area (Å²) in [5, 5.41) is 0. The Labute approximate surface area is 94.8 Å². The summed E-state index contributed by atoms with van der Waals surface area (Å²) in [6.07, 6.45) is 4.22. The van der Waals surface area contributed by atoms with Crippen molar-refractivity contribution < 1.29 is 8.42 Å². The summed E-state index contributed by atoms with van der Waals surface area (Å²) in [6.45, 7) is 4.39. The molecule has 14 heavy (non-hydrogen) atoms. The molecule has 0 aliphatic heterocycles. The van der Waals surface area contributed by atoms with Crippen LogP contribution < -0.4 is 4.72 Å². The summed E-state index contributed by atoms with van der Waals surface area (Å²) in [4.78, 5) is 0. The molecule has 84 valence electrons. The quantitative estimate of drug-likeness (QED) is 0.808. The molecule has 0 saturated heterocycles. The summed E-state index contributed by atoms with van der Waals surface area (Å²) in [5.74, 6) is 0. The van der Waals surface area contributed by atoms with E-state index >= 15 is 0 Å². The van der Waals surface area contributed by atoms with Crippen molar-refractivity contribution in [3.63, 3.8) is 0 Å². The van der Waals surface area contributed by atoms with E-state index in [0.29, 0.717) is 0 Å². The van der Waals surface area contributed by atoms with Crippen LogP contribution >= 0.6 is 15.9 Å². The van der Waals surface area contributed by atoms with E-state index in [2.05, 4.69) is 34.5 Å². The van der Waals surface area contributed by atoms with Gasteiger partial charge in [-0.15, -0.1) is 0 Å². The molecule has 0 aromatic rings. The van der Waals surface area contributed by atoms with E-state index in [1.807, 2.05) is 0 Å². The molecule has 0 heterocycles. The highest BCUT2D eigenvalue weighted by atomic mass is 79.9. The lowest BCUT2D eigenvalue weighted by atomic mass is 9.75. The summed E-state index contributed by atoms with van der Waals surface area (Å²) in [7, 11) is -3.10. The Morgan fingerprint density at radius 3 is 2.64 bits per heavy atom. The molecule has 0 radical (unpaired) electrons. The van der Waals surface area contributed by atoms with Gasteiger partial charge in [0.2, 0.25) is 10.0 Å². The van der Waals surface area contributed by atoms with E-state index in [1.54, 1.807) is 0 Å². The molecular weight excluding hydrogens is 266 g/mol. The zero-order valence-corrected chi connectivity index (χ0v) is 11.1. The van der Waals surface area contributed by atoms with Gasteiger partial charge in [-0.05, 0) is 24.7 Å². The van der Waals surface area contributed by atoms with Crippen molar-refractivity contribution in [2.24, 2.45) is 5.41 Å². The second-order valence-electron chi connectivity index (χ2n) is 4.80. The molecule has 1 N–H and O–H groups in total. The van der Waals surface area contributed by atoms with Crippen molar-refractivity contribution in [2.45, 2.75) is 45.6 Å². The normalized spacial score (nSPS) is 27.5.